The number of hydrogen-bond donors (Lipinski definition) is 1. The molecule has 0 radical (unpaired) electrons. The van der Waals surface area contributed by atoms with E-state index in [0.717, 1.165) is 17.7 Å². The van der Waals surface area contributed by atoms with Crippen molar-refractivity contribution in [3.8, 4) is 11.8 Å². The Bertz CT molecular complexity index is 787. The number of aromatic nitrogens is 1. The van der Waals surface area contributed by atoms with Crippen molar-refractivity contribution >= 4 is 12.0 Å². The third-order valence-electron chi connectivity index (χ3n) is 2.89. The Hall–Kier alpha value is -3.07. The van der Waals surface area contributed by atoms with Gasteiger partial charge in [-0.3, -0.25) is 9.78 Å². The zero-order valence-electron chi connectivity index (χ0n) is 12.5. The highest BCUT2D eigenvalue weighted by atomic mass is 19.4. The number of halogens is 3. The smallest absolute Gasteiger partial charge is 0.342 e. The Morgan fingerprint density at radius 2 is 2.08 bits per heavy atom. The first-order valence-corrected chi connectivity index (χ1v) is 6.97. The summed E-state index contributed by atoms with van der Waals surface area (Å²) in [4.78, 5) is 15.5. The van der Waals surface area contributed by atoms with E-state index >= 15 is 0 Å². The van der Waals surface area contributed by atoms with Crippen LogP contribution in [0.2, 0.25) is 0 Å². The van der Waals surface area contributed by atoms with Crippen LogP contribution in [0.25, 0.3) is 6.08 Å². The molecule has 1 aromatic carbocycles. The van der Waals surface area contributed by atoms with Crippen LogP contribution >= 0.6 is 0 Å². The summed E-state index contributed by atoms with van der Waals surface area (Å²) < 4.78 is 37.7. The lowest BCUT2D eigenvalue weighted by Crippen LogP contribution is -2.20. The maximum atomic E-state index is 12.6. The maximum Gasteiger partial charge on any atom is 0.416 e. The molecule has 0 unspecified atom stereocenters. The number of hydrogen-bond acceptors (Lipinski definition) is 2. The number of nitrogens with zero attached hydrogens (tertiary/aromatic N) is 1. The predicted molar refractivity (Wildman–Crippen MR) is 84.6 cm³/mol. The molecule has 0 aliphatic heterocycles. The van der Waals surface area contributed by atoms with E-state index in [1.54, 1.807) is 30.6 Å². The van der Waals surface area contributed by atoms with E-state index in [1.807, 2.05) is 0 Å². The van der Waals surface area contributed by atoms with Gasteiger partial charge in [0.25, 0.3) is 0 Å². The first-order chi connectivity index (χ1) is 11.4. The Labute approximate surface area is 137 Å². The fraction of sp³-hybridized carbons (Fsp3) is 0.111. The van der Waals surface area contributed by atoms with E-state index in [2.05, 4.69) is 22.1 Å². The number of benzene rings is 1. The number of pyridine rings is 1. The van der Waals surface area contributed by atoms with E-state index in [1.165, 1.54) is 18.2 Å². The number of alkyl halides is 3. The van der Waals surface area contributed by atoms with Gasteiger partial charge in [-0.2, -0.15) is 13.2 Å². The van der Waals surface area contributed by atoms with Gasteiger partial charge >= 0.3 is 6.18 Å². The van der Waals surface area contributed by atoms with Crippen LogP contribution in [-0.4, -0.2) is 17.4 Å². The first-order valence-electron chi connectivity index (χ1n) is 6.97. The van der Waals surface area contributed by atoms with Crippen LogP contribution in [0.15, 0.2) is 54.9 Å². The van der Waals surface area contributed by atoms with Crippen molar-refractivity contribution in [1.82, 2.24) is 10.3 Å². The van der Waals surface area contributed by atoms with Gasteiger partial charge in [0.15, 0.2) is 0 Å². The van der Waals surface area contributed by atoms with Crippen LogP contribution in [0, 0.1) is 11.8 Å². The lowest BCUT2D eigenvalue weighted by molar-refractivity contribution is -0.137. The summed E-state index contributed by atoms with van der Waals surface area (Å²) in [7, 11) is 0. The zero-order valence-corrected chi connectivity index (χ0v) is 12.5. The Morgan fingerprint density at radius 3 is 2.79 bits per heavy atom. The summed E-state index contributed by atoms with van der Waals surface area (Å²) in [6.45, 7) is 0.0342. The highest BCUT2D eigenvalue weighted by molar-refractivity contribution is 5.91. The van der Waals surface area contributed by atoms with Gasteiger partial charge in [0.1, 0.15) is 0 Å². The van der Waals surface area contributed by atoms with Crippen molar-refractivity contribution in [2.45, 2.75) is 6.18 Å². The average molecular weight is 330 g/mol. The number of carbonyl (C=O) groups excluding carboxylic acids is 1. The molecule has 0 aliphatic carbocycles. The second-order valence-electron chi connectivity index (χ2n) is 4.72. The molecule has 0 spiro atoms. The first kappa shape index (κ1) is 17.3. The Morgan fingerprint density at radius 1 is 1.25 bits per heavy atom. The Balaban J connectivity index is 1.88. The molecule has 0 saturated heterocycles. The number of carbonyl (C=O) groups is 1. The molecule has 0 saturated carbocycles. The molecule has 0 bridgehead atoms. The van der Waals surface area contributed by atoms with Gasteiger partial charge in [0.05, 0.1) is 12.1 Å². The third kappa shape index (κ3) is 5.61. The summed E-state index contributed by atoms with van der Waals surface area (Å²) in [6.07, 6.45) is 1.77. The zero-order chi connectivity index (χ0) is 17.4. The van der Waals surface area contributed by atoms with Crippen molar-refractivity contribution < 1.29 is 18.0 Å². The van der Waals surface area contributed by atoms with E-state index in [0.29, 0.717) is 0 Å². The second kappa shape index (κ2) is 7.97. The highest BCUT2D eigenvalue weighted by Crippen LogP contribution is 2.29. The molecule has 1 amide bonds. The molecule has 0 fully saturated rings. The quantitative estimate of drug-likeness (QED) is 0.693. The van der Waals surface area contributed by atoms with Crippen LogP contribution in [-0.2, 0) is 11.0 Å². The largest absolute Gasteiger partial charge is 0.416 e. The van der Waals surface area contributed by atoms with Crippen molar-refractivity contribution in [2.24, 2.45) is 0 Å². The van der Waals surface area contributed by atoms with Gasteiger partial charge in [0.2, 0.25) is 5.91 Å². The molecule has 24 heavy (non-hydrogen) atoms. The lowest BCUT2D eigenvalue weighted by Gasteiger charge is -2.05. The van der Waals surface area contributed by atoms with E-state index < -0.39 is 11.7 Å². The van der Waals surface area contributed by atoms with Crippen molar-refractivity contribution in [3.63, 3.8) is 0 Å². The molecule has 0 atom stereocenters. The highest BCUT2D eigenvalue weighted by Gasteiger charge is 2.30. The third-order valence-corrected chi connectivity index (χ3v) is 2.89. The van der Waals surface area contributed by atoms with Crippen LogP contribution in [0.5, 0.6) is 0 Å². The lowest BCUT2D eigenvalue weighted by atomic mass is 10.1. The van der Waals surface area contributed by atoms with Crippen LogP contribution in [0.4, 0.5) is 13.2 Å². The van der Waals surface area contributed by atoms with Gasteiger partial charge in [-0.15, -0.1) is 0 Å². The molecule has 1 N–H and O–H groups in total. The normalized spacial score (nSPS) is 11.0. The van der Waals surface area contributed by atoms with Gasteiger partial charge in [-0.1, -0.05) is 24.0 Å². The molecule has 0 aliphatic rings. The summed E-state index contributed by atoms with van der Waals surface area (Å²) in [6, 6.07) is 8.27. The fourth-order valence-corrected chi connectivity index (χ4v) is 1.76. The molecule has 2 rings (SSSR count). The molecule has 122 valence electrons. The molecule has 2 aromatic rings. The van der Waals surface area contributed by atoms with Crippen molar-refractivity contribution in [2.75, 3.05) is 6.54 Å². The number of nitrogens with one attached hydrogen (secondary N) is 1. The fourth-order valence-electron chi connectivity index (χ4n) is 1.76. The van der Waals surface area contributed by atoms with E-state index in [-0.39, 0.29) is 18.0 Å². The Kier molecular flexibility index (Phi) is 5.74. The minimum Gasteiger partial charge on any atom is -0.342 e. The summed E-state index contributed by atoms with van der Waals surface area (Å²) in [5, 5.41) is 2.53. The van der Waals surface area contributed by atoms with Crippen LogP contribution < -0.4 is 5.32 Å². The van der Waals surface area contributed by atoms with Gasteiger partial charge in [-0.25, -0.2) is 0 Å². The molecule has 1 heterocycles. The summed E-state index contributed by atoms with van der Waals surface area (Å²) in [5.74, 6) is 4.85. The number of rotatable bonds is 3. The SMILES string of the molecule is O=C(/C=C/c1cccnc1)NCC#Cc1cccc(C(F)(F)F)c1. The summed E-state index contributed by atoms with van der Waals surface area (Å²) in [5.41, 5.74) is 0.269. The standard InChI is InChI=1S/C18H13F3N2O/c19-18(20,21)16-7-1-4-14(12-16)5-3-11-23-17(24)9-8-15-6-2-10-22-13-15/h1-2,4,6-10,12-13H,11H2,(H,23,24)/b9-8+. The van der Waals surface area contributed by atoms with Gasteiger partial charge in [0, 0.05) is 24.0 Å². The minimum absolute atomic E-state index is 0.0342. The van der Waals surface area contributed by atoms with Crippen molar-refractivity contribution in [1.29, 1.82) is 0 Å². The molecule has 3 nitrogen and oxygen atoms in total. The molecular weight excluding hydrogens is 317 g/mol. The molecule has 6 heteroatoms. The monoisotopic (exact) mass is 330 g/mol. The number of amides is 1. The van der Waals surface area contributed by atoms with E-state index in [4.69, 9.17) is 0 Å². The predicted octanol–water partition coefficient (Wildman–Crippen LogP) is 3.28. The molecular formula is C18H13F3N2O. The maximum absolute atomic E-state index is 12.6. The topological polar surface area (TPSA) is 42.0 Å². The van der Waals surface area contributed by atoms with Gasteiger partial charge in [-0.05, 0) is 35.9 Å². The second-order valence-corrected chi connectivity index (χ2v) is 4.72. The van der Waals surface area contributed by atoms with E-state index in [9.17, 15) is 18.0 Å². The van der Waals surface area contributed by atoms with Crippen LogP contribution in [0.1, 0.15) is 16.7 Å². The average Bonchev–Trinajstić information content (AvgIpc) is 2.57. The molecule has 1 aromatic heterocycles. The van der Waals surface area contributed by atoms with Crippen molar-refractivity contribution in [3.05, 3.63) is 71.6 Å². The van der Waals surface area contributed by atoms with Gasteiger partial charge < -0.3 is 5.32 Å². The summed E-state index contributed by atoms with van der Waals surface area (Å²) >= 11 is 0. The van der Waals surface area contributed by atoms with Crippen LogP contribution in [0.3, 0.4) is 0 Å². The minimum atomic E-state index is -4.40.